The molecular weight excluding hydrogens is 268 g/mol. The van der Waals surface area contributed by atoms with Gasteiger partial charge in [-0.05, 0) is 26.8 Å². The number of nitrogens with zero attached hydrogens (tertiary/aromatic N) is 1. The van der Waals surface area contributed by atoms with Gasteiger partial charge in [0.05, 0.1) is 12.2 Å². The van der Waals surface area contributed by atoms with Gasteiger partial charge in [0.1, 0.15) is 6.54 Å². The van der Waals surface area contributed by atoms with Crippen molar-refractivity contribution in [2.45, 2.75) is 26.8 Å². The lowest BCUT2D eigenvalue weighted by molar-refractivity contribution is -0.144. The molecule has 0 saturated heterocycles. The molecular formula is C16H20N2O3. The molecule has 2 aromatic rings. The molecule has 0 spiro atoms. The highest BCUT2D eigenvalue weighted by Crippen LogP contribution is 2.20. The normalized spacial score (nSPS) is 10.9. The zero-order valence-corrected chi connectivity index (χ0v) is 12.6. The van der Waals surface area contributed by atoms with E-state index < -0.39 is 0 Å². The molecule has 112 valence electrons. The second-order valence-corrected chi connectivity index (χ2v) is 5.08. The molecule has 0 aliphatic rings. The number of rotatable bonds is 5. The zero-order valence-electron chi connectivity index (χ0n) is 12.6. The van der Waals surface area contributed by atoms with Crippen LogP contribution in [0.3, 0.4) is 0 Å². The molecule has 0 unspecified atom stereocenters. The number of para-hydroxylation sites is 1. The fourth-order valence-corrected chi connectivity index (χ4v) is 2.24. The number of H-pyrrole nitrogens is 1. The van der Waals surface area contributed by atoms with Crippen LogP contribution in [0.25, 0.3) is 10.9 Å². The van der Waals surface area contributed by atoms with Crippen molar-refractivity contribution in [3.05, 3.63) is 36.0 Å². The second-order valence-electron chi connectivity index (χ2n) is 5.08. The smallest absolute Gasteiger partial charge is 0.325 e. The zero-order chi connectivity index (χ0) is 15.4. The Kier molecular flexibility index (Phi) is 4.62. The first-order valence-electron chi connectivity index (χ1n) is 7.07. The largest absolute Gasteiger partial charge is 0.465 e. The number of hydrogen-bond donors (Lipinski definition) is 1. The molecule has 1 aromatic heterocycles. The first-order chi connectivity index (χ1) is 10.0. The topological polar surface area (TPSA) is 62.4 Å². The fraction of sp³-hybridized carbons (Fsp3) is 0.375. The van der Waals surface area contributed by atoms with Gasteiger partial charge in [-0.1, -0.05) is 18.2 Å². The Morgan fingerprint density at radius 1 is 1.29 bits per heavy atom. The number of esters is 1. The van der Waals surface area contributed by atoms with Crippen molar-refractivity contribution in [2.24, 2.45) is 0 Å². The monoisotopic (exact) mass is 288 g/mol. The summed E-state index contributed by atoms with van der Waals surface area (Å²) in [5.74, 6) is -0.560. The lowest BCUT2D eigenvalue weighted by Gasteiger charge is -2.25. The maximum atomic E-state index is 12.7. The van der Waals surface area contributed by atoms with Gasteiger partial charge >= 0.3 is 5.97 Å². The van der Waals surface area contributed by atoms with Gasteiger partial charge in [0.15, 0.2) is 0 Å². The second kappa shape index (κ2) is 6.43. The van der Waals surface area contributed by atoms with Gasteiger partial charge in [0, 0.05) is 23.1 Å². The molecule has 0 saturated carbocycles. The van der Waals surface area contributed by atoms with Crippen molar-refractivity contribution in [1.82, 2.24) is 9.88 Å². The van der Waals surface area contributed by atoms with Crippen molar-refractivity contribution in [1.29, 1.82) is 0 Å². The van der Waals surface area contributed by atoms with E-state index in [4.69, 9.17) is 4.74 Å². The Bertz CT molecular complexity index is 646. The van der Waals surface area contributed by atoms with E-state index >= 15 is 0 Å². The summed E-state index contributed by atoms with van der Waals surface area (Å²) in [6, 6.07) is 7.51. The van der Waals surface area contributed by atoms with Gasteiger partial charge < -0.3 is 14.6 Å². The molecule has 5 heteroatoms. The molecule has 1 aromatic carbocycles. The number of nitrogens with one attached hydrogen (secondary N) is 1. The third-order valence-electron chi connectivity index (χ3n) is 3.31. The first kappa shape index (κ1) is 15.1. The summed E-state index contributed by atoms with van der Waals surface area (Å²) < 4.78 is 4.94. The van der Waals surface area contributed by atoms with Crippen LogP contribution in [-0.2, 0) is 9.53 Å². The van der Waals surface area contributed by atoms with Gasteiger partial charge in [-0.2, -0.15) is 0 Å². The third-order valence-corrected chi connectivity index (χ3v) is 3.31. The Balaban J connectivity index is 2.28. The molecule has 0 aliphatic heterocycles. The number of carbonyl (C=O) groups is 2. The van der Waals surface area contributed by atoms with Gasteiger partial charge in [0.2, 0.25) is 0 Å². The third kappa shape index (κ3) is 3.24. The van der Waals surface area contributed by atoms with E-state index in [-0.39, 0.29) is 24.5 Å². The Morgan fingerprint density at radius 3 is 2.67 bits per heavy atom. The van der Waals surface area contributed by atoms with Gasteiger partial charge in [0.25, 0.3) is 5.91 Å². The van der Waals surface area contributed by atoms with Crippen LogP contribution in [0.15, 0.2) is 30.5 Å². The fourth-order valence-electron chi connectivity index (χ4n) is 2.24. The predicted octanol–water partition coefficient (Wildman–Crippen LogP) is 2.58. The number of aromatic amines is 1. The summed E-state index contributed by atoms with van der Waals surface area (Å²) in [6.07, 6.45) is 1.69. The molecule has 1 amide bonds. The van der Waals surface area contributed by atoms with E-state index in [0.717, 1.165) is 10.9 Å². The number of benzene rings is 1. The summed E-state index contributed by atoms with van der Waals surface area (Å²) >= 11 is 0. The van der Waals surface area contributed by atoms with E-state index in [0.29, 0.717) is 12.2 Å². The highest BCUT2D eigenvalue weighted by molar-refractivity contribution is 6.07. The van der Waals surface area contributed by atoms with E-state index in [1.54, 1.807) is 13.1 Å². The van der Waals surface area contributed by atoms with Gasteiger partial charge in [-0.3, -0.25) is 9.59 Å². The predicted molar refractivity (Wildman–Crippen MR) is 81.1 cm³/mol. The number of carbonyl (C=O) groups excluding carboxylic acids is 2. The van der Waals surface area contributed by atoms with E-state index in [2.05, 4.69) is 4.98 Å². The van der Waals surface area contributed by atoms with Crippen molar-refractivity contribution in [3.8, 4) is 0 Å². The van der Waals surface area contributed by atoms with Crippen molar-refractivity contribution < 1.29 is 14.3 Å². The molecule has 0 atom stereocenters. The number of hydrogen-bond acceptors (Lipinski definition) is 3. The van der Waals surface area contributed by atoms with Crippen molar-refractivity contribution >= 4 is 22.8 Å². The molecule has 0 fully saturated rings. The highest BCUT2D eigenvalue weighted by Gasteiger charge is 2.24. The van der Waals surface area contributed by atoms with Gasteiger partial charge in [-0.25, -0.2) is 0 Å². The summed E-state index contributed by atoms with van der Waals surface area (Å²) in [5, 5.41) is 0.858. The highest BCUT2D eigenvalue weighted by atomic mass is 16.5. The maximum absolute atomic E-state index is 12.7. The van der Waals surface area contributed by atoms with Crippen LogP contribution in [0.5, 0.6) is 0 Å². The minimum Gasteiger partial charge on any atom is -0.465 e. The lowest BCUT2D eigenvalue weighted by Crippen LogP contribution is -2.41. The van der Waals surface area contributed by atoms with Crippen LogP contribution < -0.4 is 0 Å². The van der Waals surface area contributed by atoms with E-state index in [1.807, 2.05) is 38.1 Å². The number of fused-ring (bicyclic) bond motifs is 1. The van der Waals surface area contributed by atoms with Crippen LogP contribution in [0.4, 0.5) is 0 Å². The Morgan fingerprint density at radius 2 is 2.00 bits per heavy atom. The number of aromatic nitrogens is 1. The van der Waals surface area contributed by atoms with Crippen LogP contribution in [0.1, 0.15) is 31.1 Å². The summed E-state index contributed by atoms with van der Waals surface area (Å²) in [4.78, 5) is 29.0. The SMILES string of the molecule is CCOC(=O)CN(C(=O)c1c[nH]c2ccccc12)C(C)C. The Labute approximate surface area is 123 Å². The summed E-state index contributed by atoms with van der Waals surface area (Å²) in [5.41, 5.74) is 1.48. The standard InChI is InChI=1S/C16H20N2O3/c1-4-21-15(19)10-18(11(2)3)16(20)13-9-17-14-8-6-5-7-12(13)14/h5-9,11,17H,4,10H2,1-3H3. The maximum Gasteiger partial charge on any atom is 0.325 e. The average molecular weight is 288 g/mol. The van der Waals surface area contributed by atoms with Crippen molar-refractivity contribution in [2.75, 3.05) is 13.2 Å². The molecule has 5 nitrogen and oxygen atoms in total. The van der Waals surface area contributed by atoms with E-state index in [1.165, 1.54) is 4.90 Å². The lowest BCUT2D eigenvalue weighted by atomic mass is 10.1. The average Bonchev–Trinajstić information content (AvgIpc) is 2.88. The van der Waals surface area contributed by atoms with Crippen LogP contribution in [0, 0.1) is 0 Å². The van der Waals surface area contributed by atoms with Crippen LogP contribution in [0.2, 0.25) is 0 Å². The summed E-state index contributed by atoms with van der Waals surface area (Å²) in [7, 11) is 0. The van der Waals surface area contributed by atoms with Crippen LogP contribution >= 0.6 is 0 Å². The molecule has 1 heterocycles. The molecule has 0 bridgehead atoms. The van der Waals surface area contributed by atoms with Gasteiger partial charge in [-0.15, -0.1) is 0 Å². The van der Waals surface area contributed by atoms with Crippen molar-refractivity contribution in [3.63, 3.8) is 0 Å². The Hall–Kier alpha value is -2.30. The minimum atomic E-state index is -0.389. The molecule has 21 heavy (non-hydrogen) atoms. The summed E-state index contributed by atoms with van der Waals surface area (Å²) in [6.45, 7) is 5.78. The first-order valence-corrected chi connectivity index (χ1v) is 7.07. The molecule has 0 aliphatic carbocycles. The number of amides is 1. The molecule has 1 N–H and O–H groups in total. The molecule has 0 radical (unpaired) electrons. The van der Waals surface area contributed by atoms with Crippen LogP contribution in [-0.4, -0.2) is 41.0 Å². The van der Waals surface area contributed by atoms with E-state index in [9.17, 15) is 9.59 Å². The quantitative estimate of drug-likeness (QED) is 0.860. The number of ether oxygens (including phenoxy) is 1. The minimum absolute atomic E-state index is 0.0379. The molecule has 2 rings (SSSR count).